The molecule has 0 bridgehead atoms. The molecule has 3 rings (SSSR count). The van der Waals surface area contributed by atoms with E-state index in [1.165, 1.54) is 18.3 Å². The molecule has 0 spiro atoms. The Balaban J connectivity index is 2.17. The topological polar surface area (TPSA) is 97.5 Å². The minimum atomic E-state index is -4.67. The second kappa shape index (κ2) is 6.10. The Morgan fingerprint density at radius 2 is 2.04 bits per heavy atom. The molecule has 1 aromatic carbocycles. The van der Waals surface area contributed by atoms with Gasteiger partial charge in [0, 0.05) is 10.6 Å². The van der Waals surface area contributed by atoms with E-state index in [1.807, 2.05) is 0 Å². The summed E-state index contributed by atoms with van der Waals surface area (Å²) in [5.74, 6) is -1.32. The van der Waals surface area contributed by atoms with Gasteiger partial charge in [-0.1, -0.05) is 11.6 Å². The molecule has 24 heavy (non-hydrogen) atoms. The normalized spacial score (nSPS) is 11.6. The van der Waals surface area contributed by atoms with Crippen molar-refractivity contribution in [3.05, 3.63) is 58.8 Å². The Bertz CT molecular complexity index is 1010. The standard InChI is InChI=1S/C14H7ClFNO5S2/c15-8-1-7(2-9(16)3-8)13(18)10-4-12(11-5-17-6-22-11)23-14(10)24(19,20)21/h1-6H,(H,19,20,21). The summed E-state index contributed by atoms with van der Waals surface area (Å²) in [5.41, 5.74) is -0.456. The molecule has 6 nitrogen and oxygen atoms in total. The number of carbonyl (C=O) groups excluding carboxylic acids is 1. The van der Waals surface area contributed by atoms with E-state index >= 15 is 0 Å². The van der Waals surface area contributed by atoms with Crippen molar-refractivity contribution in [2.75, 3.05) is 0 Å². The number of oxazole rings is 1. The third kappa shape index (κ3) is 3.24. The number of ketones is 1. The average Bonchev–Trinajstić information content (AvgIpc) is 3.13. The van der Waals surface area contributed by atoms with Crippen molar-refractivity contribution in [1.29, 1.82) is 0 Å². The summed E-state index contributed by atoms with van der Waals surface area (Å²) in [4.78, 5) is 16.5. The Labute approximate surface area is 144 Å². The lowest BCUT2D eigenvalue weighted by molar-refractivity contribution is 0.103. The van der Waals surface area contributed by atoms with Crippen LogP contribution in [0.4, 0.5) is 4.39 Å². The third-order valence-electron chi connectivity index (χ3n) is 2.98. The number of hydrogen-bond donors (Lipinski definition) is 1. The van der Waals surface area contributed by atoms with Gasteiger partial charge in [-0.05, 0) is 24.3 Å². The van der Waals surface area contributed by atoms with Crippen LogP contribution in [0.2, 0.25) is 5.02 Å². The first kappa shape index (κ1) is 16.8. The van der Waals surface area contributed by atoms with Crippen molar-refractivity contribution in [3.8, 4) is 10.6 Å². The molecular weight excluding hydrogens is 381 g/mol. The zero-order chi connectivity index (χ0) is 17.5. The lowest BCUT2D eigenvalue weighted by atomic mass is 10.1. The molecule has 0 saturated carbocycles. The van der Waals surface area contributed by atoms with Crippen molar-refractivity contribution in [2.24, 2.45) is 0 Å². The predicted octanol–water partition coefficient (Wildman–Crippen LogP) is 3.67. The van der Waals surface area contributed by atoms with Crippen LogP contribution in [-0.2, 0) is 10.1 Å². The highest BCUT2D eigenvalue weighted by molar-refractivity contribution is 7.88. The molecule has 0 fully saturated rings. The molecule has 1 N–H and O–H groups in total. The number of nitrogens with zero attached hydrogens (tertiary/aromatic N) is 1. The first-order valence-electron chi connectivity index (χ1n) is 6.26. The fourth-order valence-corrected chi connectivity index (χ4v) is 4.20. The molecular formula is C14H7ClFNO5S2. The summed E-state index contributed by atoms with van der Waals surface area (Å²) < 4.78 is 50.4. The molecule has 0 unspecified atom stereocenters. The minimum Gasteiger partial charge on any atom is -0.443 e. The predicted molar refractivity (Wildman–Crippen MR) is 84.5 cm³/mol. The van der Waals surface area contributed by atoms with Gasteiger partial charge in [0.1, 0.15) is 5.82 Å². The van der Waals surface area contributed by atoms with E-state index in [0.29, 0.717) is 11.3 Å². The van der Waals surface area contributed by atoms with Crippen LogP contribution in [0.1, 0.15) is 15.9 Å². The first-order chi connectivity index (χ1) is 11.3. The Morgan fingerprint density at radius 1 is 1.29 bits per heavy atom. The molecule has 2 heterocycles. The van der Waals surface area contributed by atoms with Crippen LogP contribution in [0.5, 0.6) is 0 Å². The van der Waals surface area contributed by atoms with Crippen molar-refractivity contribution in [3.63, 3.8) is 0 Å². The molecule has 0 saturated heterocycles. The summed E-state index contributed by atoms with van der Waals surface area (Å²) in [6.07, 6.45) is 2.46. The van der Waals surface area contributed by atoms with Crippen molar-refractivity contribution < 1.29 is 26.6 Å². The lowest BCUT2D eigenvalue weighted by Gasteiger charge is -2.02. The maximum Gasteiger partial charge on any atom is 0.304 e. The molecule has 3 aromatic rings. The number of carbonyl (C=O) groups is 1. The average molecular weight is 388 g/mol. The van der Waals surface area contributed by atoms with Gasteiger partial charge in [0.2, 0.25) is 0 Å². The van der Waals surface area contributed by atoms with Gasteiger partial charge in [0.15, 0.2) is 22.1 Å². The quantitative estimate of drug-likeness (QED) is 0.541. The maximum atomic E-state index is 13.4. The van der Waals surface area contributed by atoms with Crippen LogP contribution in [0.3, 0.4) is 0 Å². The van der Waals surface area contributed by atoms with Crippen LogP contribution in [0.25, 0.3) is 10.6 Å². The van der Waals surface area contributed by atoms with Crippen molar-refractivity contribution >= 4 is 38.8 Å². The van der Waals surface area contributed by atoms with Gasteiger partial charge in [-0.2, -0.15) is 8.42 Å². The number of rotatable bonds is 4. The van der Waals surface area contributed by atoms with Crippen LogP contribution in [0, 0.1) is 5.82 Å². The van der Waals surface area contributed by atoms with E-state index in [4.69, 9.17) is 16.0 Å². The van der Waals surface area contributed by atoms with Gasteiger partial charge in [-0.25, -0.2) is 9.37 Å². The van der Waals surface area contributed by atoms with E-state index in [0.717, 1.165) is 18.5 Å². The SMILES string of the molecule is O=C(c1cc(F)cc(Cl)c1)c1cc(-c2cnco2)sc1S(=O)(=O)O. The van der Waals surface area contributed by atoms with Gasteiger partial charge in [-0.3, -0.25) is 9.35 Å². The zero-order valence-corrected chi connectivity index (χ0v) is 14.0. The van der Waals surface area contributed by atoms with E-state index in [9.17, 15) is 22.2 Å². The van der Waals surface area contributed by atoms with Gasteiger partial charge < -0.3 is 4.42 Å². The number of benzene rings is 1. The second-order valence-corrected chi connectivity index (χ2v) is 7.75. The monoisotopic (exact) mass is 387 g/mol. The molecule has 0 aliphatic heterocycles. The minimum absolute atomic E-state index is 0.0163. The van der Waals surface area contributed by atoms with E-state index < -0.39 is 25.9 Å². The smallest absolute Gasteiger partial charge is 0.304 e. The van der Waals surface area contributed by atoms with Crippen LogP contribution < -0.4 is 0 Å². The van der Waals surface area contributed by atoms with E-state index in [2.05, 4.69) is 4.98 Å². The molecule has 0 atom stereocenters. The molecule has 124 valence electrons. The number of hydrogen-bond acceptors (Lipinski definition) is 6. The second-order valence-electron chi connectivity index (χ2n) is 4.64. The van der Waals surface area contributed by atoms with Crippen molar-refractivity contribution in [2.45, 2.75) is 4.21 Å². The van der Waals surface area contributed by atoms with Crippen LogP contribution >= 0.6 is 22.9 Å². The summed E-state index contributed by atoms with van der Waals surface area (Å²) >= 11 is 6.35. The van der Waals surface area contributed by atoms with Crippen LogP contribution in [-0.4, -0.2) is 23.7 Å². The van der Waals surface area contributed by atoms with E-state index in [1.54, 1.807) is 0 Å². The molecule has 0 aliphatic carbocycles. The highest BCUT2D eigenvalue weighted by atomic mass is 35.5. The Morgan fingerprint density at radius 3 is 2.62 bits per heavy atom. The van der Waals surface area contributed by atoms with E-state index in [-0.39, 0.29) is 26.8 Å². The molecule has 0 aliphatic rings. The summed E-state index contributed by atoms with van der Waals surface area (Å²) in [7, 11) is -4.67. The molecule has 0 radical (unpaired) electrons. The summed E-state index contributed by atoms with van der Waals surface area (Å²) in [6.45, 7) is 0. The largest absolute Gasteiger partial charge is 0.443 e. The highest BCUT2D eigenvalue weighted by Crippen LogP contribution is 2.35. The molecule has 0 amide bonds. The van der Waals surface area contributed by atoms with Crippen LogP contribution in [0.15, 0.2) is 45.5 Å². The lowest BCUT2D eigenvalue weighted by Crippen LogP contribution is -2.07. The Hall–Kier alpha value is -2.07. The zero-order valence-electron chi connectivity index (χ0n) is 11.6. The highest BCUT2D eigenvalue weighted by Gasteiger charge is 2.27. The Kier molecular flexibility index (Phi) is 4.26. The third-order valence-corrected chi connectivity index (χ3v) is 5.71. The fraction of sp³-hybridized carbons (Fsp3) is 0. The maximum absolute atomic E-state index is 13.4. The van der Waals surface area contributed by atoms with Gasteiger partial charge in [0.25, 0.3) is 0 Å². The number of aromatic nitrogens is 1. The van der Waals surface area contributed by atoms with Gasteiger partial charge in [0.05, 0.1) is 16.6 Å². The molecule has 10 heteroatoms. The first-order valence-corrected chi connectivity index (χ1v) is 8.90. The number of thiophene rings is 1. The van der Waals surface area contributed by atoms with Crippen molar-refractivity contribution in [1.82, 2.24) is 4.98 Å². The summed E-state index contributed by atoms with van der Waals surface area (Å²) in [5, 5.41) is -0.0163. The summed E-state index contributed by atoms with van der Waals surface area (Å²) in [6, 6.07) is 4.37. The molecule has 2 aromatic heterocycles. The van der Waals surface area contributed by atoms with Gasteiger partial charge >= 0.3 is 10.1 Å². The fourth-order valence-electron chi connectivity index (χ4n) is 2.02. The van der Waals surface area contributed by atoms with Gasteiger partial charge in [-0.15, -0.1) is 11.3 Å². The number of halogens is 2.